The summed E-state index contributed by atoms with van der Waals surface area (Å²) in [6, 6.07) is 26.6. The smallest absolute Gasteiger partial charge is 0.264 e. The number of sulfonamides is 1. The molecule has 0 aliphatic carbocycles. The van der Waals surface area contributed by atoms with Gasteiger partial charge >= 0.3 is 0 Å². The highest BCUT2D eigenvalue weighted by Gasteiger charge is 2.33. The molecule has 1 N–H and O–H groups in total. The van der Waals surface area contributed by atoms with Gasteiger partial charge in [-0.2, -0.15) is 0 Å². The number of hydrogen-bond acceptors (Lipinski definition) is 5. The molecular formula is C35H38FN3O5S. The second kappa shape index (κ2) is 14.9. The summed E-state index contributed by atoms with van der Waals surface area (Å²) in [6.07, 6.45) is 0.673. The summed E-state index contributed by atoms with van der Waals surface area (Å²) < 4.78 is 49.7. The summed E-state index contributed by atoms with van der Waals surface area (Å²) in [5.74, 6) is -0.559. The molecule has 4 aromatic carbocycles. The normalized spacial score (nSPS) is 12.6. The third kappa shape index (κ3) is 8.48. The monoisotopic (exact) mass is 631 g/mol. The molecule has 0 fully saturated rings. The number of halogens is 1. The Labute approximate surface area is 264 Å². The molecule has 4 aromatic rings. The second-order valence-electron chi connectivity index (χ2n) is 10.8. The lowest BCUT2D eigenvalue weighted by Gasteiger charge is -2.32. The van der Waals surface area contributed by atoms with Crippen LogP contribution in [0.4, 0.5) is 10.1 Å². The van der Waals surface area contributed by atoms with Crippen LogP contribution in [-0.2, 0) is 26.2 Å². The molecule has 0 spiro atoms. The first-order valence-electron chi connectivity index (χ1n) is 14.7. The minimum atomic E-state index is -4.25. The summed E-state index contributed by atoms with van der Waals surface area (Å²) >= 11 is 0. The molecule has 10 heteroatoms. The fourth-order valence-corrected chi connectivity index (χ4v) is 5.94. The molecule has 0 saturated carbocycles. The minimum absolute atomic E-state index is 0.00581. The second-order valence-corrected chi connectivity index (χ2v) is 12.7. The van der Waals surface area contributed by atoms with E-state index in [0.29, 0.717) is 17.9 Å². The first-order chi connectivity index (χ1) is 21.5. The molecular weight excluding hydrogens is 593 g/mol. The molecule has 0 aromatic heterocycles. The van der Waals surface area contributed by atoms with Gasteiger partial charge in [0.1, 0.15) is 29.9 Å². The molecule has 8 nitrogen and oxygen atoms in total. The molecule has 2 amide bonds. The molecule has 45 heavy (non-hydrogen) atoms. The number of para-hydroxylation sites is 1. The molecule has 0 saturated heterocycles. The summed E-state index contributed by atoms with van der Waals surface area (Å²) in [5, 5.41) is 2.87. The van der Waals surface area contributed by atoms with E-state index in [-0.39, 0.29) is 28.7 Å². The van der Waals surface area contributed by atoms with Crippen LogP contribution in [0.25, 0.3) is 0 Å². The molecule has 0 radical (unpaired) electrons. The first kappa shape index (κ1) is 33.2. The predicted molar refractivity (Wildman–Crippen MR) is 173 cm³/mol. The quantitative estimate of drug-likeness (QED) is 0.183. The maximum atomic E-state index is 14.8. The van der Waals surface area contributed by atoms with Crippen molar-refractivity contribution >= 4 is 27.5 Å². The van der Waals surface area contributed by atoms with Crippen molar-refractivity contribution < 1.29 is 27.1 Å². The average molecular weight is 632 g/mol. The van der Waals surface area contributed by atoms with Crippen molar-refractivity contribution in [3.63, 3.8) is 0 Å². The Hall–Kier alpha value is -4.70. The highest BCUT2D eigenvalue weighted by Crippen LogP contribution is 2.29. The Morgan fingerprint density at radius 3 is 2.07 bits per heavy atom. The van der Waals surface area contributed by atoms with Crippen molar-refractivity contribution in [3.8, 4) is 11.5 Å². The van der Waals surface area contributed by atoms with Crippen LogP contribution in [-0.4, -0.2) is 43.8 Å². The van der Waals surface area contributed by atoms with Crippen LogP contribution in [0.2, 0.25) is 0 Å². The molecule has 0 heterocycles. The number of benzene rings is 4. The van der Waals surface area contributed by atoms with Gasteiger partial charge in [-0.25, -0.2) is 12.8 Å². The van der Waals surface area contributed by atoms with Crippen molar-refractivity contribution in [3.05, 3.63) is 120 Å². The van der Waals surface area contributed by atoms with E-state index in [0.717, 1.165) is 9.87 Å². The van der Waals surface area contributed by atoms with Gasteiger partial charge in [-0.3, -0.25) is 13.9 Å². The van der Waals surface area contributed by atoms with E-state index >= 15 is 0 Å². The number of anilines is 1. The van der Waals surface area contributed by atoms with Crippen LogP contribution in [0.1, 0.15) is 38.3 Å². The lowest BCUT2D eigenvalue weighted by atomic mass is 10.1. The number of amides is 2. The molecule has 0 unspecified atom stereocenters. The Bertz CT molecular complexity index is 1700. The van der Waals surface area contributed by atoms with Crippen LogP contribution in [0.15, 0.2) is 108 Å². The highest BCUT2D eigenvalue weighted by atomic mass is 32.2. The standard InChI is InChI=1S/C35H38FN3O5S/c1-5-26(3)37-35(41)27(4)38(23-28-11-9-10-14-33(28)36)34(40)24-39(45(42,43)32-21-15-25(2)16-22-32)29-17-19-31(20-18-29)44-30-12-7-6-8-13-30/h6-22,26-27H,5,23-24H2,1-4H3,(H,37,41)/t26-,27-/m1/s1. The van der Waals surface area contributed by atoms with E-state index < -0.39 is 40.2 Å². The van der Waals surface area contributed by atoms with E-state index in [2.05, 4.69) is 5.32 Å². The topological polar surface area (TPSA) is 96.0 Å². The van der Waals surface area contributed by atoms with Gasteiger partial charge in [-0.1, -0.05) is 61.0 Å². The van der Waals surface area contributed by atoms with Crippen LogP contribution < -0.4 is 14.4 Å². The third-order valence-electron chi connectivity index (χ3n) is 7.46. The largest absolute Gasteiger partial charge is 0.457 e. The van der Waals surface area contributed by atoms with Gasteiger partial charge < -0.3 is 15.0 Å². The van der Waals surface area contributed by atoms with E-state index in [9.17, 15) is 22.4 Å². The lowest BCUT2D eigenvalue weighted by Crippen LogP contribution is -2.52. The third-order valence-corrected chi connectivity index (χ3v) is 9.25. The van der Waals surface area contributed by atoms with Crippen LogP contribution in [0.3, 0.4) is 0 Å². The lowest BCUT2D eigenvalue weighted by molar-refractivity contribution is -0.139. The number of hydrogen-bond donors (Lipinski definition) is 1. The van der Waals surface area contributed by atoms with E-state index in [4.69, 9.17) is 4.74 Å². The van der Waals surface area contributed by atoms with Crippen LogP contribution in [0, 0.1) is 12.7 Å². The van der Waals surface area contributed by atoms with Gasteiger partial charge in [0, 0.05) is 18.2 Å². The molecule has 4 rings (SSSR count). The fraction of sp³-hybridized carbons (Fsp3) is 0.257. The number of nitrogens with zero attached hydrogens (tertiary/aromatic N) is 2. The SMILES string of the molecule is CC[C@@H](C)NC(=O)[C@@H](C)N(Cc1ccccc1F)C(=O)CN(c1ccc(Oc2ccccc2)cc1)S(=O)(=O)c1ccc(C)cc1. The molecule has 236 valence electrons. The van der Waals surface area contributed by atoms with Gasteiger partial charge in [-0.05, 0) is 81.8 Å². The van der Waals surface area contributed by atoms with Crippen molar-refractivity contribution in [2.24, 2.45) is 0 Å². The van der Waals surface area contributed by atoms with Gasteiger partial charge in [0.15, 0.2) is 0 Å². The highest BCUT2D eigenvalue weighted by molar-refractivity contribution is 7.92. The first-order valence-corrected chi connectivity index (χ1v) is 16.2. The summed E-state index contributed by atoms with van der Waals surface area (Å²) in [4.78, 5) is 28.5. The minimum Gasteiger partial charge on any atom is -0.457 e. The summed E-state index contributed by atoms with van der Waals surface area (Å²) in [6.45, 7) is 6.28. The van der Waals surface area contributed by atoms with E-state index in [1.807, 2.05) is 39.0 Å². The van der Waals surface area contributed by atoms with Gasteiger partial charge in [-0.15, -0.1) is 0 Å². The summed E-state index contributed by atoms with van der Waals surface area (Å²) in [5.41, 5.74) is 1.28. The number of aryl methyl sites for hydroxylation is 1. The number of rotatable bonds is 13. The van der Waals surface area contributed by atoms with Gasteiger partial charge in [0.2, 0.25) is 11.8 Å². The van der Waals surface area contributed by atoms with Gasteiger partial charge in [0.25, 0.3) is 10.0 Å². The molecule has 0 aliphatic heterocycles. The maximum absolute atomic E-state index is 14.8. The molecule has 0 aliphatic rings. The zero-order valence-electron chi connectivity index (χ0n) is 25.8. The summed E-state index contributed by atoms with van der Waals surface area (Å²) in [7, 11) is -4.25. The average Bonchev–Trinajstić information content (AvgIpc) is 3.03. The molecule has 2 atom stereocenters. The van der Waals surface area contributed by atoms with Crippen LogP contribution >= 0.6 is 0 Å². The fourth-order valence-electron chi connectivity index (χ4n) is 4.53. The Kier molecular flexibility index (Phi) is 11.0. The Morgan fingerprint density at radius 1 is 0.844 bits per heavy atom. The Morgan fingerprint density at radius 2 is 1.44 bits per heavy atom. The maximum Gasteiger partial charge on any atom is 0.264 e. The zero-order valence-corrected chi connectivity index (χ0v) is 26.6. The molecule has 0 bridgehead atoms. The van der Waals surface area contributed by atoms with Crippen molar-refractivity contribution in [1.29, 1.82) is 0 Å². The van der Waals surface area contributed by atoms with E-state index in [1.54, 1.807) is 61.5 Å². The number of carbonyl (C=O) groups is 2. The van der Waals surface area contributed by atoms with Crippen molar-refractivity contribution in [2.45, 2.75) is 57.6 Å². The zero-order chi connectivity index (χ0) is 32.6. The Balaban J connectivity index is 1.71. The van der Waals surface area contributed by atoms with Crippen molar-refractivity contribution in [2.75, 3.05) is 10.8 Å². The number of nitrogens with one attached hydrogen (secondary N) is 1. The van der Waals surface area contributed by atoms with Gasteiger partial charge in [0.05, 0.1) is 10.6 Å². The van der Waals surface area contributed by atoms with E-state index in [1.165, 1.54) is 35.2 Å². The number of ether oxygens (including phenoxy) is 1. The van der Waals surface area contributed by atoms with Crippen molar-refractivity contribution in [1.82, 2.24) is 10.2 Å². The predicted octanol–water partition coefficient (Wildman–Crippen LogP) is 6.45. The number of carbonyl (C=O) groups excluding carboxylic acids is 2. The van der Waals surface area contributed by atoms with Crippen LogP contribution in [0.5, 0.6) is 11.5 Å².